The summed E-state index contributed by atoms with van der Waals surface area (Å²) in [4.78, 5) is 38.3. The summed E-state index contributed by atoms with van der Waals surface area (Å²) in [6.45, 7) is 6.33. The molecule has 0 spiro atoms. The molecule has 0 aliphatic heterocycles. The highest BCUT2D eigenvalue weighted by Gasteiger charge is 2.19. The van der Waals surface area contributed by atoms with Gasteiger partial charge in [-0.3, -0.25) is 14.4 Å². The zero-order chi connectivity index (χ0) is 59.9. The molecular weight excluding hydrogens is 1020 g/mol. The quantitative estimate of drug-likeness (QED) is 0.0261. The molecule has 0 saturated heterocycles. The van der Waals surface area contributed by atoms with Gasteiger partial charge < -0.3 is 14.2 Å². The normalized spacial score (nSPS) is 13.1. The van der Waals surface area contributed by atoms with Gasteiger partial charge in [-0.05, 0) is 135 Å². The fraction of sp³-hybridized carbons (Fsp3) is 0.623. The Morgan fingerprint density at radius 1 is 0.253 bits per heavy atom. The molecule has 0 aromatic heterocycles. The molecule has 6 nitrogen and oxygen atoms in total. The van der Waals surface area contributed by atoms with Gasteiger partial charge >= 0.3 is 17.9 Å². The molecule has 0 aromatic rings. The van der Waals surface area contributed by atoms with Crippen molar-refractivity contribution in [2.75, 3.05) is 13.2 Å². The molecular formula is C77H124O6. The number of carbonyl (C=O) groups is 3. The van der Waals surface area contributed by atoms with Gasteiger partial charge in [-0.25, -0.2) is 0 Å². The summed E-state index contributed by atoms with van der Waals surface area (Å²) >= 11 is 0. The molecule has 0 saturated carbocycles. The van der Waals surface area contributed by atoms with Crippen molar-refractivity contribution in [3.8, 4) is 0 Å². The summed E-state index contributed by atoms with van der Waals surface area (Å²) in [5.74, 6) is -1.01. The summed E-state index contributed by atoms with van der Waals surface area (Å²) in [6.07, 6.45) is 101. The van der Waals surface area contributed by atoms with E-state index in [1.165, 1.54) is 116 Å². The van der Waals surface area contributed by atoms with Crippen LogP contribution in [0.5, 0.6) is 0 Å². The van der Waals surface area contributed by atoms with E-state index < -0.39 is 6.10 Å². The van der Waals surface area contributed by atoms with Crippen molar-refractivity contribution >= 4 is 17.9 Å². The predicted octanol–water partition coefficient (Wildman–Crippen LogP) is 23.7. The van der Waals surface area contributed by atoms with Crippen LogP contribution in [0.3, 0.4) is 0 Å². The van der Waals surface area contributed by atoms with Gasteiger partial charge in [0.1, 0.15) is 13.2 Å². The lowest BCUT2D eigenvalue weighted by molar-refractivity contribution is -0.166. The van der Waals surface area contributed by atoms with Crippen molar-refractivity contribution in [2.45, 2.75) is 297 Å². The summed E-state index contributed by atoms with van der Waals surface area (Å²) in [7, 11) is 0. The fourth-order valence-electron chi connectivity index (χ4n) is 9.00. The van der Waals surface area contributed by atoms with Crippen LogP contribution in [0.2, 0.25) is 0 Å². The van der Waals surface area contributed by atoms with Gasteiger partial charge in [-0.15, -0.1) is 0 Å². The van der Waals surface area contributed by atoms with Crippen molar-refractivity contribution in [2.24, 2.45) is 0 Å². The standard InChI is InChI=1S/C77H124O6/c1-4-7-10-13-16-19-22-25-27-29-31-33-34-35-36-37-38-39-40-41-42-44-45-47-49-52-55-58-61-64-67-70-76(79)82-73-74(72-81-75(78)69-66-63-60-57-54-51-24-21-18-15-12-9-6-3)83-77(80)71-68-65-62-59-56-53-50-48-46-43-32-30-28-26-23-20-17-14-11-8-5-2/h7,9-10,12,16,18-19,21,23,25-27,30-33,35-36,38-39,46,48,51,54,60,63,74H,4-6,8,11,13-15,17,20,22,24,28-29,34,37,40-45,47,49-50,52-53,55-59,61-62,64-73H2,1-3H3/b10-7-,12-9-,19-16-,21-18-,26-23-,27-25-,32-30-,33-31-,36-35-,39-38-,48-46-,54-51-,63-60-. The van der Waals surface area contributed by atoms with Crippen molar-refractivity contribution < 1.29 is 28.6 Å². The third-order valence-electron chi connectivity index (χ3n) is 14.0. The average molecular weight is 1150 g/mol. The first-order valence-corrected chi connectivity index (χ1v) is 34.0. The van der Waals surface area contributed by atoms with Crippen molar-refractivity contribution in [1.82, 2.24) is 0 Å². The smallest absolute Gasteiger partial charge is 0.306 e. The molecule has 0 rings (SSSR count). The summed E-state index contributed by atoms with van der Waals surface area (Å²) < 4.78 is 16.9. The van der Waals surface area contributed by atoms with Gasteiger partial charge in [-0.1, -0.05) is 294 Å². The highest BCUT2D eigenvalue weighted by atomic mass is 16.6. The third-order valence-corrected chi connectivity index (χ3v) is 14.0. The van der Waals surface area contributed by atoms with Gasteiger partial charge in [-0.2, -0.15) is 0 Å². The molecule has 1 atom stereocenters. The van der Waals surface area contributed by atoms with Crippen molar-refractivity contribution in [3.63, 3.8) is 0 Å². The van der Waals surface area contributed by atoms with Crippen LogP contribution >= 0.6 is 0 Å². The van der Waals surface area contributed by atoms with Crippen LogP contribution in [0.4, 0.5) is 0 Å². The van der Waals surface area contributed by atoms with Gasteiger partial charge in [0.15, 0.2) is 6.10 Å². The Morgan fingerprint density at radius 3 is 0.807 bits per heavy atom. The van der Waals surface area contributed by atoms with Crippen molar-refractivity contribution in [3.05, 3.63) is 158 Å². The molecule has 6 heteroatoms. The highest BCUT2D eigenvalue weighted by molar-refractivity contribution is 5.71. The predicted molar refractivity (Wildman–Crippen MR) is 362 cm³/mol. The number of unbranched alkanes of at least 4 members (excludes halogenated alkanes) is 23. The minimum Gasteiger partial charge on any atom is -0.462 e. The van der Waals surface area contributed by atoms with Crippen LogP contribution in [0.1, 0.15) is 290 Å². The molecule has 0 heterocycles. The van der Waals surface area contributed by atoms with E-state index in [9.17, 15) is 14.4 Å². The van der Waals surface area contributed by atoms with Gasteiger partial charge in [0.05, 0.1) is 0 Å². The minimum absolute atomic E-state index is 0.112. The first-order valence-electron chi connectivity index (χ1n) is 34.0. The number of rotatable bonds is 60. The monoisotopic (exact) mass is 1140 g/mol. The Kier molecular flexibility index (Phi) is 65.4. The number of carbonyl (C=O) groups excluding carboxylic acids is 3. The summed E-state index contributed by atoms with van der Waals surface area (Å²) in [5.41, 5.74) is 0. The lowest BCUT2D eigenvalue weighted by Crippen LogP contribution is -2.30. The third kappa shape index (κ3) is 67.7. The fourth-order valence-corrected chi connectivity index (χ4v) is 9.00. The zero-order valence-electron chi connectivity index (χ0n) is 53.7. The molecule has 468 valence electrons. The maximum Gasteiger partial charge on any atom is 0.306 e. The molecule has 0 N–H and O–H groups in total. The van der Waals surface area contributed by atoms with Crippen LogP contribution in [0.25, 0.3) is 0 Å². The van der Waals surface area contributed by atoms with Gasteiger partial charge in [0.25, 0.3) is 0 Å². The Bertz CT molecular complexity index is 1840. The maximum absolute atomic E-state index is 12.9. The van der Waals surface area contributed by atoms with E-state index in [1.807, 2.05) is 6.08 Å². The maximum atomic E-state index is 12.9. The molecule has 0 radical (unpaired) electrons. The second-order valence-electron chi connectivity index (χ2n) is 22.0. The summed E-state index contributed by atoms with van der Waals surface area (Å²) in [6, 6.07) is 0. The molecule has 0 fully saturated rings. The van der Waals surface area contributed by atoms with E-state index in [4.69, 9.17) is 14.2 Å². The topological polar surface area (TPSA) is 78.9 Å². The number of ether oxygens (including phenoxy) is 3. The SMILES string of the molecule is CC/C=C\C/C=C\C/C=C\C/C=C\C/C=C\C/C=C\CCCCCCCCCCCCCCC(=O)OCC(COC(=O)CC/C=C\C/C=C\C/C=C\C/C=C\CC)OC(=O)CCCCCCCC/C=C\C/C=C\C/C=C\CCCCCCC. The van der Waals surface area contributed by atoms with Crippen LogP contribution < -0.4 is 0 Å². The largest absolute Gasteiger partial charge is 0.462 e. The molecule has 0 aliphatic rings. The molecule has 83 heavy (non-hydrogen) atoms. The Labute approximate surface area is 511 Å². The minimum atomic E-state index is -0.823. The molecule has 0 bridgehead atoms. The van der Waals surface area contributed by atoms with Crippen LogP contribution in [-0.2, 0) is 28.6 Å². The van der Waals surface area contributed by atoms with Crippen LogP contribution in [0, 0.1) is 0 Å². The lowest BCUT2D eigenvalue weighted by atomic mass is 10.0. The lowest BCUT2D eigenvalue weighted by Gasteiger charge is -2.18. The molecule has 1 unspecified atom stereocenters. The molecule has 0 aliphatic carbocycles. The first-order chi connectivity index (χ1) is 41.0. The van der Waals surface area contributed by atoms with Crippen molar-refractivity contribution in [1.29, 1.82) is 0 Å². The van der Waals surface area contributed by atoms with Crippen LogP contribution in [0.15, 0.2) is 158 Å². The highest BCUT2D eigenvalue weighted by Crippen LogP contribution is 2.15. The number of hydrogen-bond donors (Lipinski definition) is 0. The Balaban J connectivity index is 4.35. The second-order valence-corrected chi connectivity index (χ2v) is 22.0. The number of hydrogen-bond acceptors (Lipinski definition) is 6. The van der Waals surface area contributed by atoms with E-state index in [2.05, 4.69) is 173 Å². The van der Waals surface area contributed by atoms with E-state index in [0.29, 0.717) is 19.3 Å². The Morgan fingerprint density at radius 2 is 0.494 bits per heavy atom. The zero-order valence-corrected chi connectivity index (χ0v) is 53.7. The van der Waals surface area contributed by atoms with E-state index >= 15 is 0 Å². The number of allylic oxidation sites excluding steroid dienone is 26. The molecule has 0 amide bonds. The van der Waals surface area contributed by atoms with Gasteiger partial charge in [0, 0.05) is 19.3 Å². The Hall–Kier alpha value is -4.97. The van der Waals surface area contributed by atoms with E-state index in [1.54, 1.807) is 0 Å². The first kappa shape index (κ1) is 78.0. The van der Waals surface area contributed by atoms with E-state index in [0.717, 1.165) is 128 Å². The second kappa shape index (κ2) is 69.5. The van der Waals surface area contributed by atoms with E-state index in [-0.39, 0.29) is 37.5 Å². The van der Waals surface area contributed by atoms with Gasteiger partial charge in [0.2, 0.25) is 0 Å². The number of esters is 3. The summed E-state index contributed by atoms with van der Waals surface area (Å²) in [5, 5.41) is 0. The molecule has 0 aromatic carbocycles. The average Bonchev–Trinajstić information content (AvgIpc) is 3.49. The van der Waals surface area contributed by atoms with Crippen LogP contribution in [-0.4, -0.2) is 37.2 Å².